The van der Waals surface area contributed by atoms with E-state index in [2.05, 4.69) is 19.5 Å². The van der Waals surface area contributed by atoms with Crippen LogP contribution in [0.2, 0.25) is 0 Å². The molecule has 1 saturated carbocycles. The molecule has 2 heterocycles. The quantitative estimate of drug-likeness (QED) is 0.830. The summed E-state index contributed by atoms with van der Waals surface area (Å²) in [6, 6.07) is 0.357. The summed E-state index contributed by atoms with van der Waals surface area (Å²) < 4.78 is 2.08. The van der Waals surface area contributed by atoms with Crippen LogP contribution in [0.3, 0.4) is 0 Å². The Hall–Kier alpha value is -1.69. The molecule has 0 bridgehead atoms. The van der Waals surface area contributed by atoms with E-state index in [1.165, 1.54) is 6.33 Å². The van der Waals surface area contributed by atoms with Crippen molar-refractivity contribution in [2.75, 3.05) is 12.3 Å². The van der Waals surface area contributed by atoms with Crippen molar-refractivity contribution >= 4 is 17.0 Å². The van der Waals surface area contributed by atoms with Gasteiger partial charge in [0, 0.05) is 12.6 Å². The van der Waals surface area contributed by atoms with Gasteiger partial charge in [0.25, 0.3) is 0 Å². The topological polar surface area (TPSA) is 89.9 Å². The summed E-state index contributed by atoms with van der Waals surface area (Å²) >= 11 is 0. The summed E-state index contributed by atoms with van der Waals surface area (Å²) in [6.45, 7) is 0.264. The number of anilines is 1. The minimum atomic E-state index is 0.264. The minimum absolute atomic E-state index is 0.264. The highest BCUT2D eigenvalue weighted by Gasteiger charge is 2.24. The van der Waals surface area contributed by atoms with Gasteiger partial charge in [-0.15, -0.1) is 0 Å². The lowest BCUT2D eigenvalue weighted by Gasteiger charge is -2.28. The molecule has 6 nitrogen and oxygen atoms in total. The third-order valence-electron chi connectivity index (χ3n) is 3.79. The molecule has 0 aromatic carbocycles. The van der Waals surface area contributed by atoms with Crippen LogP contribution in [0.4, 0.5) is 5.82 Å². The first-order chi connectivity index (χ1) is 8.79. The number of aromatic nitrogens is 4. The summed E-state index contributed by atoms with van der Waals surface area (Å²) in [5, 5.41) is 9.29. The number of imidazole rings is 1. The molecule has 6 heteroatoms. The number of nitrogen functional groups attached to an aromatic ring is 1. The molecule has 0 saturated heterocycles. The highest BCUT2D eigenvalue weighted by molar-refractivity contribution is 5.81. The SMILES string of the molecule is Nc1ncnc2c1ncn2[C@@H]1CCC[C@H](CO)C1. The summed E-state index contributed by atoms with van der Waals surface area (Å²) in [6.07, 6.45) is 7.59. The predicted molar refractivity (Wildman–Crippen MR) is 67.8 cm³/mol. The van der Waals surface area contributed by atoms with Gasteiger partial charge in [0.05, 0.1) is 6.33 Å². The Labute approximate surface area is 105 Å². The molecule has 3 rings (SSSR count). The molecule has 1 aliphatic carbocycles. The molecule has 1 fully saturated rings. The Morgan fingerprint density at radius 2 is 2.22 bits per heavy atom. The summed E-state index contributed by atoms with van der Waals surface area (Å²) in [7, 11) is 0. The van der Waals surface area contributed by atoms with Gasteiger partial charge in [0.15, 0.2) is 11.5 Å². The van der Waals surface area contributed by atoms with E-state index in [1.807, 2.05) is 0 Å². The van der Waals surface area contributed by atoms with Crippen LogP contribution in [-0.2, 0) is 0 Å². The molecule has 3 N–H and O–H groups in total. The Bertz CT molecular complexity index is 552. The molecule has 0 spiro atoms. The first kappa shape index (κ1) is 11.4. The number of hydrogen-bond acceptors (Lipinski definition) is 5. The zero-order valence-electron chi connectivity index (χ0n) is 10.2. The largest absolute Gasteiger partial charge is 0.396 e. The molecule has 1 aliphatic rings. The van der Waals surface area contributed by atoms with Crippen molar-refractivity contribution in [3.8, 4) is 0 Å². The zero-order valence-corrected chi connectivity index (χ0v) is 10.2. The van der Waals surface area contributed by atoms with E-state index in [1.54, 1.807) is 6.33 Å². The number of aliphatic hydroxyl groups excluding tert-OH is 1. The average molecular weight is 247 g/mol. The molecule has 0 unspecified atom stereocenters. The first-order valence-corrected chi connectivity index (χ1v) is 6.33. The maximum atomic E-state index is 9.29. The van der Waals surface area contributed by atoms with Gasteiger partial charge >= 0.3 is 0 Å². The minimum Gasteiger partial charge on any atom is -0.396 e. The molecule has 2 atom stereocenters. The zero-order chi connectivity index (χ0) is 12.5. The predicted octanol–water partition coefficient (Wildman–Crippen LogP) is 1.13. The van der Waals surface area contributed by atoms with Crippen molar-refractivity contribution in [3.63, 3.8) is 0 Å². The van der Waals surface area contributed by atoms with Crippen molar-refractivity contribution in [2.24, 2.45) is 5.92 Å². The van der Waals surface area contributed by atoms with Gasteiger partial charge in [-0.05, 0) is 25.2 Å². The highest BCUT2D eigenvalue weighted by Crippen LogP contribution is 2.34. The molecule has 2 aromatic rings. The number of hydrogen-bond donors (Lipinski definition) is 2. The molecule has 0 aliphatic heterocycles. The van der Waals surface area contributed by atoms with E-state index in [9.17, 15) is 5.11 Å². The van der Waals surface area contributed by atoms with E-state index in [0.29, 0.717) is 23.3 Å². The summed E-state index contributed by atoms with van der Waals surface area (Å²) in [5.74, 6) is 0.814. The third kappa shape index (κ3) is 1.82. The molecule has 18 heavy (non-hydrogen) atoms. The Morgan fingerprint density at radius 3 is 3.06 bits per heavy atom. The lowest BCUT2D eigenvalue weighted by molar-refractivity contribution is 0.163. The fraction of sp³-hybridized carbons (Fsp3) is 0.583. The maximum Gasteiger partial charge on any atom is 0.165 e. The Balaban J connectivity index is 1.96. The standard InChI is InChI=1S/C12H17N5O/c13-11-10-12(15-6-14-11)17(7-16-10)9-3-1-2-8(4-9)5-18/h6-9,18H,1-5H2,(H2,13,14,15)/t8-,9+/m0/s1. The van der Waals surface area contributed by atoms with Gasteiger partial charge in [-0.1, -0.05) is 6.42 Å². The second kappa shape index (κ2) is 4.53. The maximum absolute atomic E-state index is 9.29. The van der Waals surface area contributed by atoms with Gasteiger partial charge < -0.3 is 15.4 Å². The number of nitrogens with zero attached hydrogens (tertiary/aromatic N) is 4. The van der Waals surface area contributed by atoms with Gasteiger partial charge in [-0.3, -0.25) is 0 Å². The van der Waals surface area contributed by atoms with Crippen molar-refractivity contribution in [1.82, 2.24) is 19.5 Å². The van der Waals surface area contributed by atoms with Crippen molar-refractivity contribution < 1.29 is 5.11 Å². The monoisotopic (exact) mass is 247 g/mol. The van der Waals surface area contributed by atoms with Crippen LogP contribution in [0.15, 0.2) is 12.7 Å². The first-order valence-electron chi connectivity index (χ1n) is 6.33. The smallest absolute Gasteiger partial charge is 0.165 e. The van der Waals surface area contributed by atoms with Crippen molar-refractivity contribution in [3.05, 3.63) is 12.7 Å². The summed E-state index contributed by atoms with van der Waals surface area (Å²) in [5.41, 5.74) is 7.25. The lowest BCUT2D eigenvalue weighted by Crippen LogP contribution is -2.21. The normalized spacial score (nSPS) is 24.5. The van der Waals surface area contributed by atoms with E-state index < -0.39 is 0 Å². The molecule has 96 valence electrons. The van der Waals surface area contributed by atoms with Gasteiger partial charge in [0.1, 0.15) is 11.8 Å². The van der Waals surface area contributed by atoms with Crippen LogP contribution in [-0.4, -0.2) is 31.2 Å². The molecule has 2 aromatic heterocycles. The van der Waals surface area contributed by atoms with Crippen LogP contribution < -0.4 is 5.73 Å². The van der Waals surface area contributed by atoms with E-state index in [4.69, 9.17) is 5.73 Å². The second-order valence-electron chi connectivity index (χ2n) is 4.95. The number of nitrogens with two attached hydrogens (primary N) is 1. The number of rotatable bonds is 2. The fourth-order valence-corrected chi connectivity index (χ4v) is 2.82. The third-order valence-corrected chi connectivity index (χ3v) is 3.79. The van der Waals surface area contributed by atoms with Crippen LogP contribution in [0, 0.1) is 5.92 Å². The highest BCUT2D eigenvalue weighted by atomic mass is 16.3. The second-order valence-corrected chi connectivity index (χ2v) is 4.95. The van der Waals surface area contributed by atoms with E-state index in [0.717, 1.165) is 31.3 Å². The fourth-order valence-electron chi connectivity index (χ4n) is 2.82. The van der Waals surface area contributed by atoms with Crippen LogP contribution >= 0.6 is 0 Å². The van der Waals surface area contributed by atoms with Crippen LogP contribution in [0.5, 0.6) is 0 Å². The number of aliphatic hydroxyl groups is 1. The van der Waals surface area contributed by atoms with Crippen molar-refractivity contribution in [2.45, 2.75) is 31.7 Å². The summed E-state index contributed by atoms with van der Waals surface area (Å²) in [4.78, 5) is 12.5. The van der Waals surface area contributed by atoms with Gasteiger partial charge in [0.2, 0.25) is 0 Å². The average Bonchev–Trinajstić information content (AvgIpc) is 2.84. The molecule has 0 amide bonds. The molecular weight excluding hydrogens is 230 g/mol. The Kier molecular flexibility index (Phi) is 2.87. The lowest BCUT2D eigenvalue weighted by atomic mass is 9.86. The molecule has 0 radical (unpaired) electrons. The van der Waals surface area contributed by atoms with E-state index in [-0.39, 0.29) is 6.61 Å². The van der Waals surface area contributed by atoms with Crippen LogP contribution in [0.25, 0.3) is 11.2 Å². The number of fused-ring (bicyclic) bond motifs is 1. The van der Waals surface area contributed by atoms with Crippen LogP contribution in [0.1, 0.15) is 31.7 Å². The Morgan fingerprint density at radius 1 is 1.33 bits per heavy atom. The molecular formula is C12H17N5O. The van der Waals surface area contributed by atoms with E-state index >= 15 is 0 Å². The van der Waals surface area contributed by atoms with Gasteiger partial charge in [-0.2, -0.15) is 0 Å². The van der Waals surface area contributed by atoms with Crippen molar-refractivity contribution in [1.29, 1.82) is 0 Å². The van der Waals surface area contributed by atoms with Gasteiger partial charge in [-0.25, -0.2) is 15.0 Å².